The summed E-state index contributed by atoms with van der Waals surface area (Å²) in [6.07, 6.45) is 0. The molecule has 0 heterocycles. The van der Waals surface area contributed by atoms with Gasteiger partial charge in [0.2, 0.25) is 0 Å². The monoisotopic (exact) mass is 481 g/mol. The molecule has 1 unspecified atom stereocenters. The topological polar surface area (TPSA) is 26.3 Å². The zero-order valence-corrected chi connectivity index (χ0v) is 18.3. The van der Waals surface area contributed by atoms with Gasteiger partial charge in [0.05, 0.1) is 10.9 Å². The fraction of sp³-hybridized carbons (Fsp3) is 0.0952. The third-order valence-electron chi connectivity index (χ3n) is 3.70. The molecule has 3 aromatic carbocycles. The molecule has 6 heteroatoms. The summed E-state index contributed by atoms with van der Waals surface area (Å²) in [6.45, 7) is 1.73. The molecule has 0 saturated carbocycles. The van der Waals surface area contributed by atoms with E-state index >= 15 is 0 Å². The van der Waals surface area contributed by atoms with E-state index in [0.717, 1.165) is 14.7 Å². The summed E-state index contributed by atoms with van der Waals surface area (Å²) in [4.78, 5) is 14.8. The Labute approximate surface area is 179 Å². The number of hydrogen-bond donors (Lipinski definition) is 0. The number of carbonyl (C=O) groups excluding carboxylic acids is 1. The zero-order valence-electron chi connectivity index (χ0n) is 14.4. The summed E-state index contributed by atoms with van der Waals surface area (Å²) in [7, 11) is -0.328. The molecule has 0 aliphatic rings. The van der Waals surface area contributed by atoms with Gasteiger partial charge in [-0.3, -0.25) is 4.79 Å². The van der Waals surface area contributed by atoms with Crippen molar-refractivity contribution in [2.24, 2.45) is 0 Å². The SMILES string of the molecule is CC(Br)C(=O)Oc1ccc([S+](c2ccc(Cl)cc2)c2ccc(Cl)cc2)cc1. The minimum Gasteiger partial charge on any atom is -0.426 e. The molecule has 27 heavy (non-hydrogen) atoms. The Balaban J connectivity index is 1.96. The van der Waals surface area contributed by atoms with Gasteiger partial charge in [0.1, 0.15) is 10.6 Å². The van der Waals surface area contributed by atoms with Crippen molar-refractivity contribution < 1.29 is 9.53 Å². The lowest BCUT2D eigenvalue weighted by Crippen LogP contribution is -2.17. The molecular weight excluding hydrogens is 467 g/mol. The van der Waals surface area contributed by atoms with E-state index in [9.17, 15) is 4.79 Å². The van der Waals surface area contributed by atoms with Crippen LogP contribution in [0.15, 0.2) is 87.5 Å². The van der Waals surface area contributed by atoms with Crippen molar-refractivity contribution in [1.29, 1.82) is 0 Å². The number of rotatable bonds is 5. The fourth-order valence-corrected chi connectivity index (χ4v) is 4.78. The molecule has 0 saturated heterocycles. The summed E-state index contributed by atoms with van der Waals surface area (Å²) in [5, 5.41) is 1.40. The van der Waals surface area contributed by atoms with Crippen LogP contribution in [-0.4, -0.2) is 10.8 Å². The van der Waals surface area contributed by atoms with Crippen LogP contribution in [0.3, 0.4) is 0 Å². The normalized spacial score (nSPS) is 12.0. The second-order valence-electron chi connectivity index (χ2n) is 5.72. The molecule has 0 N–H and O–H groups in total. The Morgan fingerprint density at radius 2 is 1.19 bits per heavy atom. The molecule has 1 atom stereocenters. The van der Waals surface area contributed by atoms with E-state index in [1.807, 2.05) is 72.8 Å². The predicted molar refractivity (Wildman–Crippen MR) is 116 cm³/mol. The molecule has 2 nitrogen and oxygen atoms in total. The van der Waals surface area contributed by atoms with Crippen molar-refractivity contribution in [3.8, 4) is 5.75 Å². The molecular formula is C21H16BrCl2O2S+. The largest absolute Gasteiger partial charge is 0.426 e. The average molecular weight is 483 g/mol. The zero-order chi connectivity index (χ0) is 19.4. The van der Waals surface area contributed by atoms with Crippen LogP contribution in [0, 0.1) is 0 Å². The number of carbonyl (C=O) groups is 1. The van der Waals surface area contributed by atoms with Gasteiger partial charge in [-0.15, -0.1) is 0 Å². The third kappa shape index (κ3) is 5.29. The second-order valence-corrected chi connectivity index (χ2v) is 10.00. The third-order valence-corrected chi connectivity index (χ3v) is 6.81. The number of esters is 1. The van der Waals surface area contributed by atoms with E-state index in [1.165, 1.54) is 0 Å². The summed E-state index contributed by atoms with van der Waals surface area (Å²) < 4.78 is 5.34. The van der Waals surface area contributed by atoms with E-state index in [0.29, 0.717) is 15.8 Å². The molecule has 0 bridgehead atoms. The molecule has 0 radical (unpaired) electrons. The first-order valence-electron chi connectivity index (χ1n) is 8.15. The predicted octanol–water partition coefficient (Wildman–Crippen LogP) is 6.78. The van der Waals surface area contributed by atoms with Gasteiger partial charge >= 0.3 is 5.97 Å². The molecule has 3 rings (SSSR count). The summed E-state index contributed by atoms with van der Waals surface area (Å²) in [5.41, 5.74) is 0. The maximum absolute atomic E-state index is 11.7. The highest BCUT2D eigenvalue weighted by molar-refractivity contribution is 9.10. The second kappa shape index (κ2) is 9.16. The first kappa shape index (κ1) is 20.3. The number of benzene rings is 3. The Morgan fingerprint density at radius 3 is 1.56 bits per heavy atom. The first-order valence-corrected chi connectivity index (χ1v) is 11.0. The van der Waals surface area contributed by atoms with Crippen LogP contribution in [0.25, 0.3) is 0 Å². The highest BCUT2D eigenvalue weighted by Gasteiger charge is 2.28. The maximum Gasteiger partial charge on any atom is 0.324 e. The molecule has 0 amide bonds. The van der Waals surface area contributed by atoms with E-state index in [4.69, 9.17) is 27.9 Å². The van der Waals surface area contributed by atoms with Gasteiger partial charge < -0.3 is 4.74 Å². The van der Waals surface area contributed by atoms with Crippen LogP contribution in [-0.2, 0) is 15.7 Å². The van der Waals surface area contributed by atoms with Crippen LogP contribution in [0.1, 0.15) is 6.92 Å². The lowest BCUT2D eigenvalue weighted by atomic mass is 10.3. The van der Waals surface area contributed by atoms with Crippen molar-refractivity contribution in [2.75, 3.05) is 0 Å². The van der Waals surface area contributed by atoms with Crippen molar-refractivity contribution in [2.45, 2.75) is 26.4 Å². The Kier molecular flexibility index (Phi) is 6.88. The maximum atomic E-state index is 11.7. The molecule has 0 aliphatic heterocycles. The van der Waals surface area contributed by atoms with Gasteiger partial charge in [0.25, 0.3) is 0 Å². The molecule has 0 spiro atoms. The number of ether oxygens (including phenoxy) is 1. The first-order chi connectivity index (χ1) is 12.9. The van der Waals surface area contributed by atoms with Gasteiger partial charge in [-0.25, -0.2) is 0 Å². The van der Waals surface area contributed by atoms with Crippen molar-refractivity contribution in [3.05, 3.63) is 82.8 Å². The lowest BCUT2D eigenvalue weighted by molar-refractivity contribution is -0.133. The minimum absolute atomic E-state index is 0.322. The summed E-state index contributed by atoms with van der Waals surface area (Å²) in [6, 6.07) is 23.3. The standard InChI is InChI=1S/C21H16BrCl2O2S/c1-14(22)21(25)26-17-6-12-20(13-7-17)27(18-8-2-15(23)3-9-18)19-10-4-16(24)5-11-19/h2-14H,1H3/q+1. The molecule has 0 fully saturated rings. The van der Waals surface area contributed by atoms with E-state index in [1.54, 1.807) is 6.92 Å². The highest BCUT2D eigenvalue weighted by Crippen LogP contribution is 2.33. The summed E-state index contributed by atoms with van der Waals surface area (Å²) >= 11 is 15.3. The number of halogens is 3. The number of alkyl halides is 1. The Morgan fingerprint density at radius 1 is 0.815 bits per heavy atom. The Bertz CT molecular complexity index is 865. The highest BCUT2D eigenvalue weighted by atomic mass is 79.9. The Hall–Kier alpha value is -1.46. The smallest absolute Gasteiger partial charge is 0.324 e. The van der Waals surface area contributed by atoms with E-state index < -0.39 is 0 Å². The average Bonchev–Trinajstić information content (AvgIpc) is 2.66. The van der Waals surface area contributed by atoms with E-state index in [2.05, 4.69) is 15.9 Å². The van der Waals surface area contributed by atoms with Crippen molar-refractivity contribution in [1.82, 2.24) is 0 Å². The fourth-order valence-electron chi connectivity index (χ4n) is 2.39. The van der Waals surface area contributed by atoms with Crippen LogP contribution in [0.4, 0.5) is 0 Å². The van der Waals surface area contributed by atoms with Gasteiger partial charge in [-0.05, 0) is 79.7 Å². The van der Waals surface area contributed by atoms with Gasteiger partial charge in [0, 0.05) is 10.0 Å². The van der Waals surface area contributed by atoms with Crippen LogP contribution >= 0.6 is 39.1 Å². The van der Waals surface area contributed by atoms with Crippen LogP contribution < -0.4 is 4.74 Å². The van der Waals surface area contributed by atoms with E-state index in [-0.39, 0.29) is 21.7 Å². The number of hydrogen-bond acceptors (Lipinski definition) is 2. The quantitative estimate of drug-likeness (QED) is 0.173. The molecule has 3 aromatic rings. The van der Waals surface area contributed by atoms with Crippen LogP contribution in [0.5, 0.6) is 5.75 Å². The van der Waals surface area contributed by atoms with Crippen molar-refractivity contribution >= 4 is 56.0 Å². The molecule has 0 aromatic heterocycles. The van der Waals surface area contributed by atoms with Crippen molar-refractivity contribution in [3.63, 3.8) is 0 Å². The van der Waals surface area contributed by atoms with Gasteiger partial charge in [-0.1, -0.05) is 39.1 Å². The van der Waals surface area contributed by atoms with Gasteiger partial charge in [-0.2, -0.15) is 0 Å². The van der Waals surface area contributed by atoms with Gasteiger partial charge in [0.15, 0.2) is 14.7 Å². The molecule has 138 valence electrons. The lowest BCUT2D eigenvalue weighted by Gasteiger charge is -2.10. The minimum atomic E-state index is -0.352. The molecule has 0 aliphatic carbocycles. The summed E-state index contributed by atoms with van der Waals surface area (Å²) in [5.74, 6) is 0.197. The van der Waals surface area contributed by atoms with Crippen LogP contribution in [0.2, 0.25) is 10.0 Å².